The Balaban J connectivity index is 2.23. The van der Waals surface area contributed by atoms with E-state index in [0.29, 0.717) is 10.4 Å². The van der Waals surface area contributed by atoms with E-state index in [2.05, 4.69) is 8.75 Å². The molecule has 0 fully saturated rings. The largest absolute Gasteiger partial charge is 0.287 e. The number of halogens is 1. The van der Waals surface area contributed by atoms with E-state index in [1.165, 1.54) is 11.3 Å². The summed E-state index contributed by atoms with van der Waals surface area (Å²) in [5, 5.41) is -0.218. The lowest BCUT2D eigenvalue weighted by Gasteiger charge is -2.05. The van der Waals surface area contributed by atoms with Gasteiger partial charge in [-0.1, -0.05) is 0 Å². The number of thiophene rings is 1. The Kier molecular flexibility index (Phi) is 2.39. The van der Waals surface area contributed by atoms with Gasteiger partial charge in [-0.05, 0) is 13.0 Å². The van der Waals surface area contributed by atoms with Crippen LogP contribution >= 0.6 is 34.7 Å². The SMILES string of the molecule is CC(Cl)c1cc2c(s1)C(=O)c1nsnc1C2=O. The summed E-state index contributed by atoms with van der Waals surface area (Å²) in [5.74, 6) is -0.458. The molecule has 2 aromatic heterocycles. The molecule has 0 aliphatic heterocycles. The molecule has 2 aromatic rings. The third-order valence-corrected chi connectivity index (χ3v) is 4.72. The highest BCUT2D eigenvalue weighted by atomic mass is 35.5. The van der Waals surface area contributed by atoms with Crippen LogP contribution in [0, 0.1) is 0 Å². The summed E-state index contributed by atoms with van der Waals surface area (Å²) in [6, 6.07) is 1.68. The Labute approximate surface area is 110 Å². The first-order chi connectivity index (χ1) is 8.09. The Morgan fingerprint density at radius 3 is 2.53 bits per heavy atom. The minimum Gasteiger partial charge on any atom is -0.287 e. The van der Waals surface area contributed by atoms with Gasteiger partial charge in [-0.2, -0.15) is 8.75 Å². The second-order valence-electron chi connectivity index (χ2n) is 3.63. The van der Waals surface area contributed by atoms with E-state index >= 15 is 0 Å². The zero-order valence-electron chi connectivity index (χ0n) is 8.56. The molecule has 0 saturated carbocycles. The van der Waals surface area contributed by atoms with E-state index in [1.807, 2.05) is 0 Å². The summed E-state index contributed by atoms with van der Waals surface area (Å²) in [5.41, 5.74) is 0.741. The van der Waals surface area contributed by atoms with Crippen LogP contribution in [0.4, 0.5) is 0 Å². The summed E-state index contributed by atoms with van der Waals surface area (Å²) < 4.78 is 7.75. The van der Waals surface area contributed by atoms with Gasteiger partial charge < -0.3 is 0 Å². The van der Waals surface area contributed by atoms with Crippen molar-refractivity contribution < 1.29 is 9.59 Å². The highest BCUT2D eigenvalue weighted by Gasteiger charge is 2.35. The molecule has 1 aliphatic carbocycles. The van der Waals surface area contributed by atoms with Crippen molar-refractivity contribution >= 4 is 46.2 Å². The third kappa shape index (κ3) is 1.48. The van der Waals surface area contributed by atoms with Crippen molar-refractivity contribution in [1.29, 1.82) is 0 Å². The van der Waals surface area contributed by atoms with Gasteiger partial charge in [0.1, 0.15) is 0 Å². The zero-order valence-corrected chi connectivity index (χ0v) is 10.9. The van der Waals surface area contributed by atoms with Crippen LogP contribution in [-0.4, -0.2) is 20.3 Å². The van der Waals surface area contributed by atoms with Crippen molar-refractivity contribution in [2.45, 2.75) is 12.3 Å². The maximum absolute atomic E-state index is 12.1. The van der Waals surface area contributed by atoms with Crippen molar-refractivity contribution in [3.63, 3.8) is 0 Å². The lowest BCUT2D eigenvalue weighted by molar-refractivity contribution is 0.0977. The van der Waals surface area contributed by atoms with Crippen LogP contribution in [-0.2, 0) is 0 Å². The van der Waals surface area contributed by atoms with Gasteiger partial charge in [-0.25, -0.2) is 0 Å². The summed E-state index contributed by atoms with van der Waals surface area (Å²) in [4.78, 5) is 25.4. The van der Waals surface area contributed by atoms with Gasteiger partial charge in [0, 0.05) is 10.4 Å². The molecule has 0 spiro atoms. The van der Waals surface area contributed by atoms with E-state index in [4.69, 9.17) is 11.6 Å². The molecule has 3 rings (SSSR count). The van der Waals surface area contributed by atoms with Gasteiger partial charge in [-0.15, -0.1) is 22.9 Å². The lowest BCUT2D eigenvalue weighted by Crippen LogP contribution is -2.18. The Hall–Kier alpha value is -1.11. The van der Waals surface area contributed by atoms with E-state index in [9.17, 15) is 9.59 Å². The van der Waals surface area contributed by atoms with Crippen LogP contribution in [0.2, 0.25) is 0 Å². The van der Waals surface area contributed by atoms with Crippen LogP contribution < -0.4 is 0 Å². The number of carbonyl (C=O) groups is 2. The molecule has 1 aliphatic rings. The second-order valence-corrected chi connectivity index (χ2v) is 5.89. The molecular formula is C10H5ClN2O2S2. The Morgan fingerprint density at radius 1 is 1.24 bits per heavy atom. The monoisotopic (exact) mass is 284 g/mol. The van der Waals surface area contributed by atoms with Gasteiger partial charge >= 0.3 is 0 Å². The fourth-order valence-corrected chi connectivity index (χ4v) is 3.43. The topological polar surface area (TPSA) is 59.9 Å². The average Bonchev–Trinajstić information content (AvgIpc) is 2.92. The number of carbonyl (C=O) groups excluding carboxylic acids is 2. The van der Waals surface area contributed by atoms with Crippen molar-refractivity contribution in [1.82, 2.24) is 8.75 Å². The zero-order chi connectivity index (χ0) is 12.2. The minimum atomic E-state index is -0.233. The quantitative estimate of drug-likeness (QED) is 0.645. The fourth-order valence-electron chi connectivity index (χ4n) is 1.67. The van der Waals surface area contributed by atoms with Crippen molar-refractivity contribution in [2.75, 3.05) is 0 Å². The predicted octanol–water partition coefficient (Wildman–Crippen LogP) is 2.67. The van der Waals surface area contributed by atoms with Crippen molar-refractivity contribution in [3.05, 3.63) is 32.8 Å². The second kappa shape index (κ2) is 3.69. The lowest BCUT2D eigenvalue weighted by atomic mass is 9.97. The van der Waals surface area contributed by atoms with Gasteiger partial charge in [0.2, 0.25) is 11.6 Å². The van der Waals surface area contributed by atoms with E-state index in [-0.39, 0.29) is 28.3 Å². The minimum absolute atomic E-state index is 0.166. The van der Waals surface area contributed by atoms with Crippen LogP contribution in [0.25, 0.3) is 0 Å². The van der Waals surface area contributed by atoms with Crippen LogP contribution in [0.15, 0.2) is 6.07 Å². The number of nitrogens with zero attached hydrogens (tertiary/aromatic N) is 2. The van der Waals surface area contributed by atoms with Crippen molar-refractivity contribution in [3.8, 4) is 0 Å². The molecule has 0 N–H and O–H groups in total. The fraction of sp³-hybridized carbons (Fsp3) is 0.200. The van der Waals surface area contributed by atoms with Gasteiger partial charge in [0.25, 0.3) is 0 Å². The van der Waals surface area contributed by atoms with Crippen LogP contribution in [0.3, 0.4) is 0 Å². The first kappa shape index (κ1) is 11.0. The Morgan fingerprint density at radius 2 is 1.88 bits per heavy atom. The van der Waals surface area contributed by atoms with Gasteiger partial charge in [0.15, 0.2) is 11.4 Å². The number of alkyl halides is 1. The molecule has 0 saturated heterocycles. The smallest absolute Gasteiger partial charge is 0.225 e. The summed E-state index contributed by atoms with van der Waals surface area (Å²) in [6.45, 7) is 1.81. The number of aromatic nitrogens is 2. The molecule has 4 nitrogen and oxygen atoms in total. The first-order valence-corrected chi connectivity index (χ1v) is 6.77. The number of hydrogen-bond acceptors (Lipinski definition) is 6. The standard InChI is InChI=1S/C10H5ClN2O2S2/c1-3(11)5-2-4-8(14)6-7(13-17-12-6)9(15)10(4)16-5/h2-3H,1H3. The molecule has 0 amide bonds. The Bertz CT molecular complexity index is 597. The van der Waals surface area contributed by atoms with Gasteiger partial charge in [0.05, 0.1) is 22.0 Å². The molecule has 7 heteroatoms. The van der Waals surface area contributed by atoms with E-state index in [0.717, 1.165) is 16.6 Å². The van der Waals surface area contributed by atoms with Crippen molar-refractivity contribution in [2.24, 2.45) is 0 Å². The molecule has 1 atom stereocenters. The highest BCUT2D eigenvalue weighted by Crippen LogP contribution is 2.36. The number of rotatable bonds is 1. The molecule has 86 valence electrons. The summed E-state index contributed by atoms with van der Waals surface area (Å²) in [7, 11) is 0. The molecule has 17 heavy (non-hydrogen) atoms. The highest BCUT2D eigenvalue weighted by molar-refractivity contribution is 7.15. The molecule has 1 unspecified atom stereocenters. The van der Waals surface area contributed by atoms with Crippen LogP contribution in [0.5, 0.6) is 0 Å². The first-order valence-electron chi connectivity index (χ1n) is 4.79. The molecule has 2 heterocycles. The third-order valence-electron chi connectivity index (χ3n) is 2.51. The maximum Gasteiger partial charge on any atom is 0.225 e. The average molecular weight is 285 g/mol. The van der Waals surface area contributed by atoms with E-state index < -0.39 is 0 Å². The molecule has 0 radical (unpaired) electrons. The maximum atomic E-state index is 12.1. The summed E-state index contributed by atoms with van der Waals surface area (Å²) >= 11 is 8.10. The predicted molar refractivity (Wildman–Crippen MR) is 65.4 cm³/mol. The normalized spacial score (nSPS) is 15.6. The number of fused-ring (bicyclic) bond motifs is 2. The van der Waals surface area contributed by atoms with E-state index in [1.54, 1.807) is 13.0 Å². The van der Waals surface area contributed by atoms with Crippen LogP contribution in [0.1, 0.15) is 48.6 Å². The summed E-state index contributed by atoms with van der Waals surface area (Å²) in [6.07, 6.45) is 0. The molecule has 0 aromatic carbocycles. The molecular weight excluding hydrogens is 280 g/mol. The number of ketones is 2. The molecule has 0 bridgehead atoms. The van der Waals surface area contributed by atoms with Gasteiger partial charge in [-0.3, -0.25) is 9.59 Å². The number of hydrogen-bond donors (Lipinski definition) is 0.